The van der Waals surface area contributed by atoms with E-state index in [-0.39, 0.29) is 0 Å². The van der Waals surface area contributed by atoms with Crippen LogP contribution in [0.5, 0.6) is 0 Å². The SMILES string of the molecule is c1cnn(CCCn2c(C3CC3)nc3c2CCNC3)c1. The Bertz CT molecular complexity index is 580. The fourth-order valence-corrected chi connectivity index (χ4v) is 3.12. The van der Waals surface area contributed by atoms with Crippen LogP contribution in [0, 0.1) is 0 Å². The third-order valence-corrected chi connectivity index (χ3v) is 4.29. The highest BCUT2D eigenvalue weighted by atomic mass is 15.3. The lowest BCUT2D eigenvalue weighted by Gasteiger charge is -2.16. The van der Waals surface area contributed by atoms with Gasteiger partial charge in [0.15, 0.2) is 0 Å². The zero-order valence-electron chi connectivity index (χ0n) is 11.8. The van der Waals surface area contributed by atoms with Gasteiger partial charge in [0.05, 0.1) is 5.69 Å². The summed E-state index contributed by atoms with van der Waals surface area (Å²) in [7, 11) is 0. The van der Waals surface area contributed by atoms with Crippen LogP contribution in [0.4, 0.5) is 0 Å². The van der Waals surface area contributed by atoms with E-state index in [4.69, 9.17) is 4.98 Å². The summed E-state index contributed by atoms with van der Waals surface area (Å²) in [5.74, 6) is 2.07. The van der Waals surface area contributed by atoms with E-state index < -0.39 is 0 Å². The number of rotatable bonds is 5. The Labute approximate surface area is 119 Å². The highest BCUT2D eigenvalue weighted by Crippen LogP contribution is 2.40. The molecule has 1 fully saturated rings. The van der Waals surface area contributed by atoms with Crippen LogP contribution in [-0.2, 0) is 26.1 Å². The molecule has 1 N–H and O–H groups in total. The maximum atomic E-state index is 4.91. The Morgan fingerprint density at radius 3 is 3.05 bits per heavy atom. The lowest BCUT2D eigenvalue weighted by atomic mass is 10.2. The van der Waals surface area contributed by atoms with E-state index in [0.29, 0.717) is 0 Å². The van der Waals surface area contributed by atoms with Crippen molar-refractivity contribution in [2.24, 2.45) is 0 Å². The molecule has 2 aromatic heterocycles. The Hall–Kier alpha value is -1.62. The quantitative estimate of drug-likeness (QED) is 0.900. The molecule has 0 radical (unpaired) electrons. The number of fused-ring (bicyclic) bond motifs is 1. The van der Waals surface area contributed by atoms with Crippen molar-refractivity contribution in [3.05, 3.63) is 35.7 Å². The molecule has 4 rings (SSSR count). The number of nitrogens with one attached hydrogen (secondary N) is 1. The predicted molar refractivity (Wildman–Crippen MR) is 76.5 cm³/mol. The summed E-state index contributed by atoms with van der Waals surface area (Å²) in [6.07, 6.45) is 8.77. The van der Waals surface area contributed by atoms with Gasteiger partial charge in [-0.1, -0.05) is 0 Å². The highest BCUT2D eigenvalue weighted by molar-refractivity contribution is 5.24. The minimum Gasteiger partial charge on any atom is -0.331 e. The van der Waals surface area contributed by atoms with Crippen molar-refractivity contribution in [1.29, 1.82) is 0 Å². The molecule has 5 heteroatoms. The predicted octanol–water partition coefficient (Wildman–Crippen LogP) is 1.69. The number of nitrogens with zero attached hydrogens (tertiary/aromatic N) is 4. The van der Waals surface area contributed by atoms with Crippen LogP contribution in [0.1, 0.15) is 42.4 Å². The summed E-state index contributed by atoms with van der Waals surface area (Å²) >= 11 is 0. The minimum atomic E-state index is 0.727. The van der Waals surface area contributed by atoms with Crippen LogP contribution in [-0.4, -0.2) is 25.9 Å². The molecule has 1 aliphatic heterocycles. The average molecular weight is 271 g/mol. The van der Waals surface area contributed by atoms with Crippen molar-refractivity contribution in [3.8, 4) is 0 Å². The van der Waals surface area contributed by atoms with Gasteiger partial charge < -0.3 is 9.88 Å². The van der Waals surface area contributed by atoms with Gasteiger partial charge in [-0.05, 0) is 25.3 Å². The third-order valence-electron chi connectivity index (χ3n) is 4.29. The molecule has 0 atom stereocenters. The van der Waals surface area contributed by atoms with Gasteiger partial charge in [-0.2, -0.15) is 5.10 Å². The first-order chi connectivity index (χ1) is 9.92. The highest BCUT2D eigenvalue weighted by Gasteiger charge is 2.31. The summed E-state index contributed by atoms with van der Waals surface area (Å²) in [6.45, 7) is 4.10. The van der Waals surface area contributed by atoms with Crippen molar-refractivity contribution in [3.63, 3.8) is 0 Å². The summed E-state index contributed by atoms with van der Waals surface area (Å²) in [5.41, 5.74) is 2.77. The lowest BCUT2D eigenvalue weighted by molar-refractivity contribution is 0.501. The number of imidazole rings is 1. The smallest absolute Gasteiger partial charge is 0.112 e. The second-order valence-corrected chi connectivity index (χ2v) is 5.84. The summed E-state index contributed by atoms with van der Waals surface area (Å²) in [5, 5.41) is 7.70. The third kappa shape index (κ3) is 2.26. The first-order valence-corrected chi connectivity index (χ1v) is 7.68. The fourth-order valence-electron chi connectivity index (χ4n) is 3.12. The van der Waals surface area contributed by atoms with Crippen molar-refractivity contribution in [1.82, 2.24) is 24.6 Å². The average Bonchev–Trinajstić information content (AvgIpc) is 3.06. The normalized spacial score (nSPS) is 18.2. The topological polar surface area (TPSA) is 47.7 Å². The molecule has 0 aromatic carbocycles. The molecule has 106 valence electrons. The maximum Gasteiger partial charge on any atom is 0.112 e. The van der Waals surface area contributed by atoms with Crippen molar-refractivity contribution in [2.75, 3.05) is 6.54 Å². The van der Waals surface area contributed by atoms with Crippen molar-refractivity contribution >= 4 is 0 Å². The van der Waals surface area contributed by atoms with Gasteiger partial charge in [0.25, 0.3) is 0 Å². The molecule has 0 spiro atoms. The van der Waals surface area contributed by atoms with Gasteiger partial charge in [0.2, 0.25) is 0 Å². The lowest BCUT2D eigenvalue weighted by Crippen LogP contribution is -2.25. The molecule has 5 nitrogen and oxygen atoms in total. The van der Waals surface area contributed by atoms with Crippen LogP contribution in [0.2, 0.25) is 0 Å². The number of hydrogen-bond donors (Lipinski definition) is 1. The first-order valence-electron chi connectivity index (χ1n) is 7.68. The van der Waals surface area contributed by atoms with Gasteiger partial charge in [-0.3, -0.25) is 4.68 Å². The Morgan fingerprint density at radius 2 is 2.25 bits per heavy atom. The van der Waals surface area contributed by atoms with Crippen LogP contribution in [0.3, 0.4) is 0 Å². The van der Waals surface area contributed by atoms with E-state index in [1.54, 1.807) is 0 Å². The molecule has 0 bridgehead atoms. The summed E-state index contributed by atoms with van der Waals surface area (Å²) < 4.78 is 4.53. The Morgan fingerprint density at radius 1 is 1.30 bits per heavy atom. The molecule has 2 aromatic rings. The van der Waals surface area contributed by atoms with E-state index in [1.165, 1.54) is 30.1 Å². The van der Waals surface area contributed by atoms with Crippen molar-refractivity contribution in [2.45, 2.75) is 51.2 Å². The van der Waals surface area contributed by atoms with E-state index >= 15 is 0 Å². The number of aromatic nitrogens is 4. The first kappa shape index (κ1) is 12.1. The second-order valence-electron chi connectivity index (χ2n) is 5.84. The minimum absolute atomic E-state index is 0.727. The summed E-state index contributed by atoms with van der Waals surface area (Å²) in [4.78, 5) is 4.91. The van der Waals surface area contributed by atoms with E-state index in [2.05, 4.69) is 15.0 Å². The number of hydrogen-bond acceptors (Lipinski definition) is 3. The van der Waals surface area contributed by atoms with Gasteiger partial charge in [0.1, 0.15) is 5.82 Å². The Kier molecular flexibility index (Phi) is 3.07. The zero-order chi connectivity index (χ0) is 13.4. The Balaban J connectivity index is 1.51. The molecule has 1 aliphatic carbocycles. The van der Waals surface area contributed by atoms with Crippen LogP contribution in [0.25, 0.3) is 0 Å². The van der Waals surface area contributed by atoms with E-state index in [1.807, 2.05) is 23.1 Å². The maximum absolute atomic E-state index is 4.91. The molecule has 0 amide bonds. The van der Waals surface area contributed by atoms with Crippen molar-refractivity contribution < 1.29 is 0 Å². The van der Waals surface area contributed by atoms with Crippen LogP contribution >= 0.6 is 0 Å². The van der Waals surface area contributed by atoms with E-state index in [9.17, 15) is 0 Å². The van der Waals surface area contributed by atoms with Crippen LogP contribution < -0.4 is 5.32 Å². The second kappa shape index (κ2) is 5.05. The van der Waals surface area contributed by atoms with Gasteiger partial charge >= 0.3 is 0 Å². The zero-order valence-corrected chi connectivity index (χ0v) is 11.8. The van der Waals surface area contributed by atoms with Gasteiger partial charge in [-0.25, -0.2) is 4.98 Å². The fraction of sp³-hybridized carbons (Fsp3) is 0.600. The molecule has 3 heterocycles. The molecule has 1 saturated carbocycles. The molecule has 0 unspecified atom stereocenters. The molecule has 20 heavy (non-hydrogen) atoms. The summed E-state index contributed by atoms with van der Waals surface area (Å²) in [6, 6.07) is 1.99. The molecular formula is C15H21N5. The van der Waals surface area contributed by atoms with E-state index in [0.717, 1.165) is 44.9 Å². The largest absolute Gasteiger partial charge is 0.331 e. The monoisotopic (exact) mass is 271 g/mol. The molecule has 2 aliphatic rings. The number of aryl methyl sites for hydroxylation is 1. The van der Waals surface area contributed by atoms with Gasteiger partial charge in [0, 0.05) is 56.6 Å². The molecule has 0 saturated heterocycles. The van der Waals surface area contributed by atoms with Gasteiger partial charge in [-0.15, -0.1) is 0 Å². The van der Waals surface area contributed by atoms with Crippen LogP contribution in [0.15, 0.2) is 18.5 Å². The molecular weight excluding hydrogens is 250 g/mol. The standard InChI is InChI=1S/C15H21N5/c1-6-17-19(8-1)9-2-10-20-14-5-7-16-11-13(14)18-15(20)12-3-4-12/h1,6,8,12,16H,2-5,7,9-11H2.